The number of nitrogens with two attached hydrogens (primary N) is 1. The summed E-state index contributed by atoms with van der Waals surface area (Å²) >= 11 is 0. The molecule has 0 aliphatic heterocycles. The van der Waals surface area contributed by atoms with E-state index in [9.17, 15) is 0 Å². The largest absolute Gasteiger partial charge is 0.398 e. The molecule has 0 aliphatic carbocycles. The average molecular weight is 286 g/mol. The quantitative estimate of drug-likeness (QED) is 0.493. The number of benzene rings is 1. The van der Waals surface area contributed by atoms with Gasteiger partial charge < -0.3 is 11.1 Å². The summed E-state index contributed by atoms with van der Waals surface area (Å²) in [5.74, 6) is 0.995. The highest BCUT2D eigenvalue weighted by atomic mass is 14.8. The summed E-state index contributed by atoms with van der Waals surface area (Å²) in [4.78, 5) is 0. The van der Waals surface area contributed by atoms with Crippen LogP contribution in [0.1, 0.15) is 68.6 Å². The standard InChI is InChI=1S/C19H30N2/c1-6-9-15(10-11-21-8-3)18-12-16(14(4)5)13-19(20)17(18)7-2/h7-8,12-15,21H,2-3,6,9-11,20H2,1,4-5H3. The Hall–Kier alpha value is -1.70. The maximum Gasteiger partial charge on any atom is 0.0393 e. The van der Waals surface area contributed by atoms with Crippen LogP contribution in [0.2, 0.25) is 0 Å². The number of anilines is 1. The zero-order valence-electron chi connectivity index (χ0n) is 13.8. The predicted molar refractivity (Wildman–Crippen MR) is 95.5 cm³/mol. The van der Waals surface area contributed by atoms with Gasteiger partial charge in [-0.15, -0.1) is 0 Å². The Balaban J connectivity index is 3.19. The minimum Gasteiger partial charge on any atom is -0.398 e. The van der Waals surface area contributed by atoms with Gasteiger partial charge in [-0.1, -0.05) is 52.5 Å². The van der Waals surface area contributed by atoms with Crippen LogP contribution >= 0.6 is 0 Å². The summed E-state index contributed by atoms with van der Waals surface area (Å²) in [5.41, 5.74) is 10.9. The van der Waals surface area contributed by atoms with Crippen molar-refractivity contribution in [2.24, 2.45) is 0 Å². The van der Waals surface area contributed by atoms with Crippen LogP contribution in [-0.2, 0) is 0 Å². The molecule has 0 heterocycles. The van der Waals surface area contributed by atoms with E-state index in [1.54, 1.807) is 6.20 Å². The van der Waals surface area contributed by atoms with E-state index >= 15 is 0 Å². The Bertz CT molecular complexity index is 475. The highest BCUT2D eigenvalue weighted by Crippen LogP contribution is 2.34. The van der Waals surface area contributed by atoms with Gasteiger partial charge in [0.15, 0.2) is 0 Å². The molecule has 0 aliphatic rings. The van der Waals surface area contributed by atoms with Crippen LogP contribution in [-0.4, -0.2) is 6.54 Å². The zero-order chi connectivity index (χ0) is 15.8. The molecular weight excluding hydrogens is 256 g/mol. The van der Waals surface area contributed by atoms with Crippen LogP contribution in [0.3, 0.4) is 0 Å². The first-order valence-electron chi connectivity index (χ1n) is 7.95. The van der Waals surface area contributed by atoms with E-state index in [0.29, 0.717) is 11.8 Å². The van der Waals surface area contributed by atoms with Gasteiger partial charge in [0.2, 0.25) is 0 Å². The third-order valence-corrected chi connectivity index (χ3v) is 4.00. The van der Waals surface area contributed by atoms with Crippen molar-refractivity contribution in [2.75, 3.05) is 12.3 Å². The molecule has 1 aromatic rings. The van der Waals surface area contributed by atoms with Crippen molar-refractivity contribution in [2.45, 2.75) is 51.9 Å². The molecule has 3 N–H and O–H groups in total. The summed E-state index contributed by atoms with van der Waals surface area (Å²) in [6, 6.07) is 4.42. The lowest BCUT2D eigenvalue weighted by Gasteiger charge is -2.22. The molecule has 0 spiro atoms. The molecule has 0 saturated carbocycles. The Labute approximate surface area is 130 Å². The van der Waals surface area contributed by atoms with Crippen molar-refractivity contribution in [3.8, 4) is 0 Å². The van der Waals surface area contributed by atoms with Crippen LogP contribution in [0.5, 0.6) is 0 Å². The highest BCUT2D eigenvalue weighted by Gasteiger charge is 2.17. The van der Waals surface area contributed by atoms with E-state index in [1.807, 2.05) is 6.08 Å². The summed E-state index contributed by atoms with van der Waals surface area (Å²) in [6.45, 7) is 15.3. The molecule has 2 heteroatoms. The second kappa shape index (κ2) is 8.56. The van der Waals surface area contributed by atoms with E-state index in [-0.39, 0.29) is 0 Å². The maximum atomic E-state index is 6.26. The fraction of sp³-hybridized carbons (Fsp3) is 0.474. The van der Waals surface area contributed by atoms with E-state index < -0.39 is 0 Å². The first-order chi connectivity index (χ1) is 10.0. The molecule has 0 bridgehead atoms. The number of hydrogen-bond acceptors (Lipinski definition) is 2. The number of rotatable bonds is 9. The van der Waals surface area contributed by atoms with Crippen LogP contribution in [0.4, 0.5) is 5.69 Å². The van der Waals surface area contributed by atoms with Crippen molar-refractivity contribution in [1.82, 2.24) is 5.32 Å². The highest BCUT2D eigenvalue weighted by molar-refractivity contribution is 5.68. The van der Waals surface area contributed by atoms with Gasteiger partial charge >= 0.3 is 0 Å². The smallest absolute Gasteiger partial charge is 0.0393 e. The molecule has 1 unspecified atom stereocenters. The van der Waals surface area contributed by atoms with E-state index in [0.717, 1.165) is 24.2 Å². The SMILES string of the molecule is C=CNCCC(CCC)c1cc(C(C)C)cc(N)c1C=C. The molecule has 0 aromatic heterocycles. The Morgan fingerprint density at radius 1 is 1.24 bits per heavy atom. The van der Waals surface area contributed by atoms with Gasteiger partial charge in [-0.2, -0.15) is 0 Å². The lowest BCUT2D eigenvalue weighted by atomic mass is 9.84. The summed E-state index contributed by atoms with van der Waals surface area (Å²) in [6.07, 6.45) is 7.08. The zero-order valence-corrected chi connectivity index (χ0v) is 13.8. The van der Waals surface area contributed by atoms with Gasteiger partial charge in [0, 0.05) is 17.8 Å². The van der Waals surface area contributed by atoms with E-state index in [4.69, 9.17) is 5.73 Å². The maximum absolute atomic E-state index is 6.26. The molecule has 0 amide bonds. The van der Waals surface area contributed by atoms with Gasteiger partial charge in [0.25, 0.3) is 0 Å². The van der Waals surface area contributed by atoms with Crippen molar-refractivity contribution in [1.29, 1.82) is 0 Å². The molecular formula is C19H30N2. The molecule has 1 aromatic carbocycles. The van der Waals surface area contributed by atoms with Crippen LogP contribution in [0.15, 0.2) is 31.5 Å². The Morgan fingerprint density at radius 3 is 2.48 bits per heavy atom. The molecule has 21 heavy (non-hydrogen) atoms. The van der Waals surface area contributed by atoms with E-state index in [1.165, 1.54) is 24.0 Å². The average Bonchev–Trinajstić information content (AvgIpc) is 2.45. The van der Waals surface area contributed by atoms with E-state index in [2.05, 4.69) is 51.4 Å². The van der Waals surface area contributed by atoms with Crippen molar-refractivity contribution < 1.29 is 0 Å². The topological polar surface area (TPSA) is 38.0 Å². The van der Waals surface area contributed by atoms with Gasteiger partial charge in [-0.05, 0) is 48.1 Å². The molecule has 116 valence electrons. The van der Waals surface area contributed by atoms with Crippen LogP contribution in [0.25, 0.3) is 6.08 Å². The monoisotopic (exact) mass is 286 g/mol. The molecule has 0 saturated heterocycles. The fourth-order valence-electron chi connectivity index (χ4n) is 2.79. The Morgan fingerprint density at radius 2 is 1.95 bits per heavy atom. The minimum atomic E-state index is 0.485. The van der Waals surface area contributed by atoms with Crippen molar-refractivity contribution in [3.05, 3.63) is 48.2 Å². The molecule has 1 rings (SSSR count). The Kier molecular flexibility index (Phi) is 7.07. The van der Waals surface area contributed by atoms with Gasteiger partial charge in [0.1, 0.15) is 0 Å². The minimum absolute atomic E-state index is 0.485. The van der Waals surface area contributed by atoms with Crippen LogP contribution < -0.4 is 11.1 Å². The summed E-state index contributed by atoms with van der Waals surface area (Å²) < 4.78 is 0. The van der Waals surface area contributed by atoms with Gasteiger partial charge in [-0.25, -0.2) is 0 Å². The predicted octanol–water partition coefficient (Wildman–Crippen LogP) is 5.04. The second-order valence-corrected chi connectivity index (χ2v) is 5.90. The number of nitrogens with one attached hydrogen (secondary N) is 1. The van der Waals surface area contributed by atoms with Crippen LogP contribution in [0, 0.1) is 0 Å². The van der Waals surface area contributed by atoms with Gasteiger partial charge in [0.05, 0.1) is 0 Å². The summed E-state index contributed by atoms with van der Waals surface area (Å²) in [5, 5.41) is 3.20. The molecule has 0 radical (unpaired) electrons. The molecule has 1 atom stereocenters. The van der Waals surface area contributed by atoms with Crippen molar-refractivity contribution in [3.63, 3.8) is 0 Å². The lowest BCUT2D eigenvalue weighted by Crippen LogP contribution is -2.13. The molecule has 2 nitrogen and oxygen atoms in total. The van der Waals surface area contributed by atoms with Crippen molar-refractivity contribution >= 4 is 11.8 Å². The first-order valence-corrected chi connectivity index (χ1v) is 7.95. The van der Waals surface area contributed by atoms with Gasteiger partial charge in [-0.3, -0.25) is 0 Å². The number of hydrogen-bond donors (Lipinski definition) is 2. The third-order valence-electron chi connectivity index (χ3n) is 4.00. The first kappa shape index (κ1) is 17.4. The fourth-order valence-corrected chi connectivity index (χ4v) is 2.79. The second-order valence-electron chi connectivity index (χ2n) is 5.90. The molecule has 0 fully saturated rings. The third kappa shape index (κ3) is 4.66. The lowest BCUT2D eigenvalue weighted by molar-refractivity contribution is 0.556. The number of nitrogen functional groups attached to an aromatic ring is 1. The normalized spacial score (nSPS) is 12.2. The summed E-state index contributed by atoms with van der Waals surface area (Å²) in [7, 11) is 0.